The second kappa shape index (κ2) is 7.80. The first-order valence-corrected chi connectivity index (χ1v) is 9.42. The van der Waals surface area contributed by atoms with Crippen LogP contribution in [0.5, 0.6) is 5.75 Å². The summed E-state index contributed by atoms with van der Waals surface area (Å²) in [5, 5.41) is 19.7. The minimum absolute atomic E-state index is 0.0380. The Hall–Kier alpha value is -2.98. The largest absolute Gasteiger partial charge is 0.492 e. The fourth-order valence-corrected chi connectivity index (χ4v) is 3.88. The fourth-order valence-electron chi connectivity index (χ4n) is 3.88. The average molecular weight is 401 g/mol. The first kappa shape index (κ1) is 19.3. The number of fused-ring (bicyclic) bond motifs is 1. The third-order valence-electron chi connectivity index (χ3n) is 5.24. The number of aromatic nitrogens is 2. The van der Waals surface area contributed by atoms with Crippen molar-refractivity contribution in [3.63, 3.8) is 0 Å². The van der Waals surface area contributed by atoms with E-state index < -0.39 is 5.82 Å². The third kappa shape index (κ3) is 3.81. The normalized spacial score (nSPS) is 26.2. The Kier molecular flexibility index (Phi) is 5.20. The Morgan fingerprint density at radius 2 is 2.07 bits per heavy atom. The number of hydrazine groups is 1. The van der Waals surface area contributed by atoms with Crippen LogP contribution in [0, 0.1) is 18.7 Å². The third-order valence-corrected chi connectivity index (χ3v) is 5.24. The molecular formula is C19H24FN7O2. The molecule has 2 fully saturated rings. The van der Waals surface area contributed by atoms with Crippen LogP contribution in [0.1, 0.15) is 12.1 Å². The Bertz CT molecular complexity index is 895. The SMILES string of the molecule is COc1c(F)cccc1NC1CC(Nc2ccc(C)nn2)NC2NN(C)C(=O)C12. The highest BCUT2D eigenvalue weighted by atomic mass is 19.1. The smallest absolute Gasteiger partial charge is 0.244 e. The van der Waals surface area contributed by atoms with E-state index in [-0.39, 0.29) is 35.9 Å². The van der Waals surface area contributed by atoms with Gasteiger partial charge in [0.2, 0.25) is 5.91 Å². The van der Waals surface area contributed by atoms with Crippen molar-refractivity contribution >= 4 is 17.4 Å². The molecule has 0 spiro atoms. The zero-order valence-electron chi connectivity index (χ0n) is 16.4. The summed E-state index contributed by atoms with van der Waals surface area (Å²) < 4.78 is 19.3. The summed E-state index contributed by atoms with van der Waals surface area (Å²) >= 11 is 0. The van der Waals surface area contributed by atoms with Crippen LogP contribution in [0.4, 0.5) is 15.9 Å². The lowest BCUT2D eigenvalue weighted by atomic mass is 9.88. The molecule has 0 radical (unpaired) electrons. The topological polar surface area (TPSA) is 103 Å². The first-order chi connectivity index (χ1) is 14.0. The number of para-hydroxylation sites is 1. The Labute approximate surface area is 168 Å². The summed E-state index contributed by atoms with van der Waals surface area (Å²) in [6.07, 6.45) is 0.0869. The number of anilines is 2. The van der Waals surface area contributed by atoms with E-state index in [0.717, 1.165) is 5.69 Å². The van der Waals surface area contributed by atoms with Gasteiger partial charge in [0.05, 0.1) is 36.7 Å². The van der Waals surface area contributed by atoms with E-state index in [9.17, 15) is 9.18 Å². The predicted octanol–water partition coefficient (Wildman–Crippen LogP) is 1.06. The van der Waals surface area contributed by atoms with E-state index >= 15 is 0 Å². The molecule has 154 valence electrons. The number of hydrogen-bond donors (Lipinski definition) is 4. The molecule has 2 saturated heterocycles. The molecule has 0 aliphatic carbocycles. The Morgan fingerprint density at radius 1 is 1.24 bits per heavy atom. The molecular weight excluding hydrogens is 377 g/mol. The Morgan fingerprint density at radius 3 is 2.79 bits per heavy atom. The number of piperidine rings is 1. The zero-order valence-corrected chi connectivity index (χ0v) is 16.4. The van der Waals surface area contributed by atoms with Crippen LogP contribution in [0.25, 0.3) is 0 Å². The van der Waals surface area contributed by atoms with Crippen LogP contribution < -0.4 is 26.1 Å². The van der Waals surface area contributed by atoms with Crippen LogP contribution in [0.2, 0.25) is 0 Å². The average Bonchev–Trinajstić information content (AvgIpc) is 2.98. The number of nitrogens with one attached hydrogen (secondary N) is 4. The highest BCUT2D eigenvalue weighted by Gasteiger charge is 2.48. The van der Waals surface area contributed by atoms with Crippen molar-refractivity contribution in [3.05, 3.63) is 41.8 Å². The molecule has 10 heteroatoms. The molecule has 4 rings (SSSR count). The summed E-state index contributed by atoms with van der Waals surface area (Å²) in [4.78, 5) is 12.7. The lowest BCUT2D eigenvalue weighted by molar-refractivity contribution is -0.131. The molecule has 1 amide bonds. The maximum Gasteiger partial charge on any atom is 0.244 e. The van der Waals surface area contributed by atoms with Crippen molar-refractivity contribution in [3.8, 4) is 5.75 Å². The van der Waals surface area contributed by atoms with Crippen LogP contribution in [-0.4, -0.2) is 53.6 Å². The number of amides is 1. The molecule has 0 bridgehead atoms. The maximum atomic E-state index is 14.1. The lowest BCUT2D eigenvalue weighted by Crippen LogP contribution is -2.60. The van der Waals surface area contributed by atoms with Crippen molar-refractivity contribution in [2.75, 3.05) is 24.8 Å². The van der Waals surface area contributed by atoms with Gasteiger partial charge in [0.25, 0.3) is 0 Å². The van der Waals surface area contributed by atoms with Crippen molar-refractivity contribution in [1.82, 2.24) is 25.9 Å². The summed E-state index contributed by atoms with van der Waals surface area (Å²) in [6.45, 7) is 1.87. The lowest BCUT2D eigenvalue weighted by Gasteiger charge is -2.38. The number of methoxy groups -OCH3 is 1. The van der Waals surface area contributed by atoms with Crippen molar-refractivity contribution in [2.24, 2.45) is 5.92 Å². The fraction of sp³-hybridized carbons (Fsp3) is 0.421. The zero-order chi connectivity index (χ0) is 20.5. The van der Waals surface area contributed by atoms with Crippen molar-refractivity contribution in [1.29, 1.82) is 0 Å². The number of aryl methyl sites for hydroxylation is 1. The molecule has 4 unspecified atom stereocenters. The van der Waals surface area contributed by atoms with Gasteiger partial charge in [-0.1, -0.05) is 6.07 Å². The van der Waals surface area contributed by atoms with Gasteiger partial charge >= 0.3 is 0 Å². The summed E-state index contributed by atoms with van der Waals surface area (Å²) in [7, 11) is 3.11. The number of nitrogens with zero attached hydrogens (tertiary/aromatic N) is 3. The van der Waals surface area contributed by atoms with Gasteiger partial charge in [-0.25, -0.2) is 9.82 Å². The predicted molar refractivity (Wildman–Crippen MR) is 105 cm³/mol. The molecule has 29 heavy (non-hydrogen) atoms. The van der Waals surface area contributed by atoms with Gasteiger partial charge in [-0.3, -0.25) is 15.1 Å². The van der Waals surface area contributed by atoms with Crippen LogP contribution in [0.3, 0.4) is 0 Å². The van der Waals surface area contributed by atoms with Crippen LogP contribution >= 0.6 is 0 Å². The highest BCUT2D eigenvalue weighted by Crippen LogP contribution is 2.33. The summed E-state index contributed by atoms with van der Waals surface area (Å²) in [6, 6.07) is 8.15. The molecule has 2 aliphatic rings. The molecule has 1 aromatic carbocycles. The number of carbonyl (C=O) groups excluding carboxylic acids is 1. The van der Waals surface area contributed by atoms with E-state index in [1.54, 1.807) is 19.2 Å². The van der Waals surface area contributed by atoms with E-state index in [1.807, 2.05) is 19.1 Å². The van der Waals surface area contributed by atoms with Gasteiger partial charge in [0.1, 0.15) is 5.82 Å². The molecule has 3 heterocycles. The number of hydrogen-bond acceptors (Lipinski definition) is 8. The number of ether oxygens (including phenoxy) is 1. The van der Waals surface area contributed by atoms with Gasteiger partial charge in [-0.15, -0.1) is 5.10 Å². The number of halogens is 1. The second-order valence-electron chi connectivity index (χ2n) is 7.26. The molecule has 4 atom stereocenters. The van der Waals surface area contributed by atoms with E-state index in [0.29, 0.717) is 17.9 Å². The maximum absolute atomic E-state index is 14.1. The Balaban J connectivity index is 1.58. The molecule has 9 nitrogen and oxygen atoms in total. The second-order valence-corrected chi connectivity index (χ2v) is 7.26. The van der Waals surface area contributed by atoms with Crippen molar-refractivity contribution in [2.45, 2.75) is 31.7 Å². The van der Waals surface area contributed by atoms with E-state index in [4.69, 9.17) is 4.74 Å². The number of rotatable bonds is 5. The van der Waals surface area contributed by atoms with Crippen LogP contribution in [0.15, 0.2) is 30.3 Å². The summed E-state index contributed by atoms with van der Waals surface area (Å²) in [5.74, 6) is -0.103. The minimum Gasteiger partial charge on any atom is -0.492 e. The molecule has 1 aromatic heterocycles. The van der Waals surface area contributed by atoms with Crippen molar-refractivity contribution < 1.29 is 13.9 Å². The quantitative estimate of drug-likeness (QED) is 0.590. The molecule has 2 aromatic rings. The standard InChI is InChI=1S/C19H24FN7O2/c1-10-7-8-14(25-24-10)22-15-9-13(16-18(23-15)26-27(2)19(16)28)21-12-6-4-5-11(20)17(12)29-3/h4-8,13,15-16,18,21,23,26H,9H2,1-3H3,(H,22,25). The van der Waals surface area contributed by atoms with Gasteiger partial charge < -0.3 is 15.4 Å². The van der Waals surface area contributed by atoms with Gasteiger partial charge in [0, 0.05) is 19.5 Å². The van der Waals surface area contributed by atoms with Gasteiger partial charge in [-0.2, -0.15) is 5.10 Å². The minimum atomic E-state index is -0.458. The number of carbonyl (C=O) groups is 1. The summed E-state index contributed by atoms with van der Waals surface area (Å²) in [5.41, 5.74) is 4.47. The number of benzene rings is 1. The van der Waals surface area contributed by atoms with E-state index in [1.165, 1.54) is 18.2 Å². The van der Waals surface area contributed by atoms with Crippen LogP contribution in [-0.2, 0) is 4.79 Å². The van der Waals surface area contributed by atoms with E-state index in [2.05, 4.69) is 31.6 Å². The van der Waals surface area contributed by atoms with Gasteiger partial charge in [-0.05, 0) is 31.2 Å². The molecule has 2 aliphatic heterocycles. The first-order valence-electron chi connectivity index (χ1n) is 9.42. The molecule has 4 N–H and O–H groups in total. The monoisotopic (exact) mass is 401 g/mol. The van der Waals surface area contributed by atoms with Gasteiger partial charge in [0.15, 0.2) is 11.6 Å². The molecule has 0 saturated carbocycles. The highest BCUT2D eigenvalue weighted by molar-refractivity contribution is 5.82.